The zero-order valence-electron chi connectivity index (χ0n) is 12.5. The van der Waals surface area contributed by atoms with E-state index >= 15 is 0 Å². The van der Waals surface area contributed by atoms with Gasteiger partial charge in [0.25, 0.3) is 5.91 Å². The molecule has 116 valence electrons. The van der Waals surface area contributed by atoms with E-state index in [1.165, 1.54) is 6.07 Å². The minimum Gasteiger partial charge on any atom is -0.507 e. The summed E-state index contributed by atoms with van der Waals surface area (Å²) < 4.78 is 6.12. The summed E-state index contributed by atoms with van der Waals surface area (Å²) in [4.78, 5) is 13.9. The van der Waals surface area contributed by atoms with Gasteiger partial charge in [0.1, 0.15) is 11.5 Å². The van der Waals surface area contributed by atoms with Crippen LogP contribution in [0.1, 0.15) is 22.8 Å². The van der Waals surface area contributed by atoms with Crippen LogP contribution in [0, 0.1) is 0 Å². The molecular weight excluding hydrogens is 346 g/mol. The average Bonchev–Trinajstić information content (AvgIpc) is 2.49. The minimum absolute atomic E-state index is 0.0297. The molecule has 0 aliphatic rings. The molecule has 0 spiro atoms. The van der Waals surface area contributed by atoms with Gasteiger partial charge >= 0.3 is 0 Å². The molecule has 0 bridgehead atoms. The Labute approximate surface area is 138 Å². The first kappa shape index (κ1) is 16.4. The van der Waals surface area contributed by atoms with Gasteiger partial charge in [-0.05, 0) is 42.8 Å². The first-order chi connectivity index (χ1) is 10.5. The van der Waals surface area contributed by atoms with Crippen LogP contribution in [0.5, 0.6) is 11.5 Å². The van der Waals surface area contributed by atoms with Crippen LogP contribution in [0.3, 0.4) is 0 Å². The summed E-state index contributed by atoms with van der Waals surface area (Å²) in [5, 5.41) is 9.88. The van der Waals surface area contributed by atoms with E-state index < -0.39 is 0 Å². The zero-order chi connectivity index (χ0) is 16.1. The average molecular weight is 364 g/mol. The fourth-order valence-electron chi connectivity index (χ4n) is 2.09. The van der Waals surface area contributed by atoms with Crippen molar-refractivity contribution in [1.82, 2.24) is 4.90 Å². The molecule has 0 saturated carbocycles. The molecule has 2 aromatic carbocycles. The Morgan fingerprint density at radius 3 is 2.50 bits per heavy atom. The molecular formula is C17H18BrNO3. The first-order valence-electron chi connectivity index (χ1n) is 6.97. The van der Waals surface area contributed by atoms with Gasteiger partial charge in [-0.3, -0.25) is 4.79 Å². The summed E-state index contributed by atoms with van der Waals surface area (Å²) in [6.45, 7) is 3.02. The Morgan fingerprint density at radius 1 is 1.23 bits per heavy atom. The van der Waals surface area contributed by atoms with Gasteiger partial charge < -0.3 is 14.7 Å². The number of hydrogen-bond acceptors (Lipinski definition) is 3. The van der Waals surface area contributed by atoms with Crippen molar-refractivity contribution in [2.75, 3.05) is 13.7 Å². The largest absolute Gasteiger partial charge is 0.507 e. The summed E-state index contributed by atoms with van der Waals surface area (Å²) in [6, 6.07) is 12.5. The van der Waals surface area contributed by atoms with Crippen LogP contribution in [0.4, 0.5) is 0 Å². The Kier molecular flexibility index (Phi) is 5.44. The van der Waals surface area contributed by atoms with Crippen molar-refractivity contribution < 1.29 is 14.6 Å². The van der Waals surface area contributed by atoms with E-state index in [-0.39, 0.29) is 17.2 Å². The highest BCUT2D eigenvalue weighted by atomic mass is 79.9. The lowest BCUT2D eigenvalue weighted by atomic mass is 10.1. The van der Waals surface area contributed by atoms with E-state index in [0.717, 1.165) is 15.8 Å². The zero-order valence-corrected chi connectivity index (χ0v) is 14.1. The fraction of sp³-hybridized carbons (Fsp3) is 0.235. The second-order valence-electron chi connectivity index (χ2n) is 4.90. The van der Waals surface area contributed by atoms with E-state index in [1.807, 2.05) is 31.2 Å². The molecule has 0 aliphatic heterocycles. The third-order valence-corrected chi connectivity index (χ3v) is 3.68. The molecule has 1 N–H and O–H groups in total. The van der Waals surface area contributed by atoms with Crippen molar-refractivity contribution in [1.29, 1.82) is 0 Å². The number of carbonyl (C=O) groups is 1. The maximum absolute atomic E-state index is 12.4. The lowest BCUT2D eigenvalue weighted by Gasteiger charge is -2.18. The highest BCUT2D eigenvalue weighted by molar-refractivity contribution is 9.10. The highest BCUT2D eigenvalue weighted by Gasteiger charge is 2.16. The van der Waals surface area contributed by atoms with Crippen molar-refractivity contribution >= 4 is 21.8 Å². The number of benzene rings is 2. The predicted octanol–water partition coefficient (Wildman–Crippen LogP) is 3.83. The number of aromatic hydroxyl groups is 1. The minimum atomic E-state index is -0.223. The van der Waals surface area contributed by atoms with Gasteiger partial charge in [0.05, 0.1) is 12.2 Å². The van der Waals surface area contributed by atoms with Gasteiger partial charge in [-0.15, -0.1) is 0 Å². The number of phenolic OH excluding ortho intramolecular Hbond substituents is 1. The third kappa shape index (κ3) is 4.01. The molecule has 0 radical (unpaired) electrons. The van der Waals surface area contributed by atoms with E-state index in [2.05, 4.69) is 15.9 Å². The van der Waals surface area contributed by atoms with Crippen LogP contribution in [-0.2, 0) is 6.54 Å². The molecule has 0 aliphatic carbocycles. The number of ether oxygens (including phenoxy) is 1. The number of halogens is 1. The van der Waals surface area contributed by atoms with Gasteiger partial charge in [-0.2, -0.15) is 0 Å². The van der Waals surface area contributed by atoms with Crippen molar-refractivity contribution in [3.63, 3.8) is 0 Å². The second kappa shape index (κ2) is 7.31. The van der Waals surface area contributed by atoms with Gasteiger partial charge in [0.2, 0.25) is 0 Å². The topological polar surface area (TPSA) is 49.8 Å². The van der Waals surface area contributed by atoms with Crippen molar-refractivity contribution in [2.24, 2.45) is 0 Å². The number of hydrogen-bond donors (Lipinski definition) is 1. The van der Waals surface area contributed by atoms with E-state index in [4.69, 9.17) is 4.74 Å². The van der Waals surface area contributed by atoms with Gasteiger partial charge in [0, 0.05) is 18.1 Å². The van der Waals surface area contributed by atoms with Crippen molar-refractivity contribution in [3.05, 3.63) is 58.1 Å². The summed E-state index contributed by atoms with van der Waals surface area (Å²) in [5.74, 6) is 0.558. The molecule has 0 saturated heterocycles. The normalized spacial score (nSPS) is 10.3. The Bertz CT molecular complexity index is 655. The summed E-state index contributed by atoms with van der Waals surface area (Å²) in [6.07, 6.45) is 0. The smallest absolute Gasteiger partial charge is 0.257 e. The maximum atomic E-state index is 12.4. The third-order valence-electron chi connectivity index (χ3n) is 3.19. The predicted molar refractivity (Wildman–Crippen MR) is 89.2 cm³/mol. The molecule has 0 fully saturated rings. The fourth-order valence-corrected chi connectivity index (χ4v) is 2.44. The molecule has 4 nitrogen and oxygen atoms in total. The SMILES string of the molecule is CCOc1ccc(CN(C)C(=O)c2ccc(Br)cc2O)cc1. The quantitative estimate of drug-likeness (QED) is 0.878. The monoisotopic (exact) mass is 363 g/mol. The number of rotatable bonds is 5. The van der Waals surface area contributed by atoms with E-state index in [0.29, 0.717) is 13.2 Å². The van der Waals surface area contributed by atoms with Crippen LogP contribution in [0.15, 0.2) is 46.9 Å². The molecule has 0 heterocycles. The summed E-state index contributed by atoms with van der Waals surface area (Å²) in [5.41, 5.74) is 1.28. The Morgan fingerprint density at radius 2 is 1.91 bits per heavy atom. The molecule has 1 amide bonds. The van der Waals surface area contributed by atoms with Gasteiger partial charge in [0.15, 0.2) is 0 Å². The molecule has 2 aromatic rings. The number of carbonyl (C=O) groups excluding carboxylic acids is 1. The summed E-state index contributed by atoms with van der Waals surface area (Å²) >= 11 is 3.26. The van der Waals surface area contributed by atoms with Crippen LogP contribution in [0.25, 0.3) is 0 Å². The second-order valence-corrected chi connectivity index (χ2v) is 5.82. The van der Waals surface area contributed by atoms with Crippen molar-refractivity contribution in [3.8, 4) is 11.5 Å². The molecule has 22 heavy (non-hydrogen) atoms. The van der Waals surface area contributed by atoms with E-state index in [9.17, 15) is 9.90 Å². The molecule has 0 atom stereocenters. The lowest BCUT2D eigenvalue weighted by molar-refractivity contribution is 0.0782. The standard InChI is InChI=1S/C17H18BrNO3/c1-3-22-14-7-4-12(5-8-14)11-19(2)17(21)15-9-6-13(18)10-16(15)20/h4-10,20H,3,11H2,1-2H3. The Balaban J connectivity index is 2.07. The first-order valence-corrected chi connectivity index (χ1v) is 7.76. The van der Waals surface area contributed by atoms with Crippen LogP contribution in [0.2, 0.25) is 0 Å². The maximum Gasteiger partial charge on any atom is 0.257 e. The van der Waals surface area contributed by atoms with Crippen LogP contribution < -0.4 is 4.74 Å². The Hall–Kier alpha value is -2.01. The highest BCUT2D eigenvalue weighted by Crippen LogP contribution is 2.24. The summed E-state index contributed by atoms with van der Waals surface area (Å²) in [7, 11) is 1.71. The van der Waals surface area contributed by atoms with Crippen LogP contribution in [-0.4, -0.2) is 29.6 Å². The molecule has 0 aromatic heterocycles. The molecule has 2 rings (SSSR count). The van der Waals surface area contributed by atoms with E-state index in [1.54, 1.807) is 24.1 Å². The number of phenols is 1. The van der Waals surface area contributed by atoms with Gasteiger partial charge in [-0.25, -0.2) is 0 Å². The number of amides is 1. The number of nitrogens with zero attached hydrogens (tertiary/aromatic N) is 1. The van der Waals surface area contributed by atoms with Crippen LogP contribution >= 0.6 is 15.9 Å². The lowest BCUT2D eigenvalue weighted by Crippen LogP contribution is -2.26. The molecule has 5 heteroatoms. The van der Waals surface area contributed by atoms with Gasteiger partial charge in [-0.1, -0.05) is 28.1 Å². The van der Waals surface area contributed by atoms with Crippen molar-refractivity contribution in [2.45, 2.75) is 13.5 Å². The molecule has 0 unspecified atom stereocenters.